The van der Waals surface area contributed by atoms with Crippen molar-refractivity contribution < 1.29 is 14.6 Å². The summed E-state index contributed by atoms with van der Waals surface area (Å²) < 4.78 is 9.26. The van der Waals surface area contributed by atoms with Gasteiger partial charge in [-0.05, 0) is 52.6 Å². The summed E-state index contributed by atoms with van der Waals surface area (Å²) in [6.07, 6.45) is 0. The topological polar surface area (TPSA) is 51.5 Å². The maximum absolute atomic E-state index is 11.9. The van der Waals surface area contributed by atoms with E-state index in [9.17, 15) is 9.90 Å². The van der Waals surface area contributed by atoms with E-state index in [-0.39, 0.29) is 0 Å². The van der Waals surface area contributed by atoms with Gasteiger partial charge in [-0.1, -0.05) is 91.0 Å². The van der Waals surface area contributed by atoms with Crippen molar-refractivity contribution in [1.82, 2.24) is 4.57 Å². The molecule has 0 amide bonds. The zero-order chi connectivity index (χ0) is 25.9. The minimum absolute atomic E-state index is 0.338. The second kappa shape index (κ2) is 10.4. The van der Waals surface area contributed by atoms with Crippen LogP contribution in [0.15, 0.2) is 121 Å². The molecule has 0 unspecified atom stereocenters. The van der Waals surface area contributed by atoms with Crippen LogP contribution in [0.4, 0.5) is 0 Å². The Balaban J connectivity index is 1.48. The third kappa shape index (κ3) is 4.72. The summed E-state index contributed by atoms with van der Waals surface area (Å²) in [4.78, 5) is 12.3. The summed E-state index contributed by atoms with van der Waals surface area (Å²) >= 11 is 1.33. The van der Waals surface area contributed by atoms with E-state index in [1.165, 1.54) is 11.3 Å². The molecule has 0 aliphatic rings. The molecule has 0 aliphatic heterocycles. The molecule has 0 atom stereocenters. The SMILES string of the molecule is O=C(O)c1cc2c(s1)c(-c1ccccc1)c(-c1ccc(OCc3ccccc3)cc1)n2Cc1ccccc1. The number of carboxylic acids is 1. The summed E-state index contributed by atoms with van der Waals surface area (Å²) in [5.74, 6) is -0.104. The summed E-state index contributed by atoms with van der Waals surface area (Å²) in [7, 11) is 0. The first-order chi connectivity index (χ1) is 18.7. The summed E-state index contributed by atoms with van der Waals surface area (Å²) in [5.41, 5.74) is 7.41. The highest BCUT2D eigenvalue weighted by molar-refractivity contribution is 7.21. The summed E-state index contributed by atoms with van der Waals surface area (Å²) in [6.45, 7) is 1.13. The molecular weight excluding hydrogens is 490 g/mol. The van der Waals surface area contributed by atoms with E-state index in [1.807, 2.05) is 66.7 Å². The highest BCUT2D eigenvalue weighted by Crippen LogP contribution is 2.45. The summed E-state index contributed by atoms with van der Waals surface area (Å²) in [6, 6.07) is 40.6. The molecule has 6 rings (SSSR count). The van der Waals surface area contributed by atoms with Gasteiger partial charge in [0.25, 0.3) is 0 Å². The lowest BCUT2D eigenvalue weighted by Crippen LogP contribution is -2.02. The quantitative estimate of drug-likeness (QED) is 0.222. The normalized spacial score (nSPS) is 11.1. The average Bonchev–Trinajstić information content (AvgIpc) is 3.52. The van der Waals surface area contributed by atoms with Crippen LogP contribution >= 0.6 is 11.3 Å². The van der Waals surface area contributed by atoms with Gasteiger partial charge in [-0.2, -0.15) is 0 Å². The van der Waals surface area contributed by atoms with Gasteiger partial charge in [0.1, 0.15) is 17.2 Å². The molecule has 5 heteroatoms. The van der Waals surface area contributed by atoms with E-state index < -0.39 is 5.97 Å². The first-order valence-corrected chi connectivity index (χ1v) is 13.2. The molecule has 2 aromatic heterocycles. The second-order valence-electron chi connectivity index (χ2n) is 9.09. The van der Waals surface area contributed by atoms with Crippen molar-refractivity contribution in [1.29, 1.82) is 0 Å². The lowest BCUT2D eigenvalue weighted by molar-refractivity contribution is 0.0702. The molecule has 4 nitrogen and oxygen atoms in total. The Hall–Kier alpha value is -4.61. The van der Waals surface area contributed by atoms with Gasteiger partial charge < -0.3 is 14.4 Å². The molecule has 2 heterocycles. The van der Waals surface area contributed by atoms with E-state index in [4.69, 9.17) is 4.74 Å². The van der Waals surface area contributed by atoms with Crippen LogP contribution in [0.5, 0.6) is 5.75 Å². The van der Waals surface area contributed by atoms with Gasteiger partial charge in [-0.3, -0.25) is 0 Å². The van der Waals surface area contributed by atoms with E-state index in [2.05, 4.69) is 53.1 Å². The van der Waals surface area contributed by atoms with Gasteiger partial charge in [0.2, 0.25) is 0 Å². The van der Waals surface area contributed by atoms with E-state index in [0.717, 1.165) is 49.5 Å². The van der Waals surface area contributed by atoms with Gasteiger partial charge in [-0.15, -0.1) is 11.3 Å². The molecule has 4 aromatic carbocycles. The fourth-order valence-corrected chi connectivity index (χ4v) is 5.85. The number of rotatable bonds is 8. The molecule has 0 fully saturated rings. The maximum Gasteiger partial charge on any atom is 0.345 e. The van der Waals surface area contributed by atoms with Crippen molar-refractivity contribution >= 4 is 27.5 Å². The van der Waals surface area contributed by atoms with E-state index in [0.29, 0.717) is 18.0 Å². The molecule has 1 N–H and O–H groups in total. The Morgan fingerprint density at radius 3 is 1.97 bits per heavy atom. The number of hydrogen-bond acceptors (Lipinski definition) is 3. The second-order valence-corrected chi connectivity index (χ2v) is 10.1. The van der Waals surface area contributed by atoms with Gasteiger partial charge in [0.05, 0.1) is 15.9 Å². The lowest BCUT2D eigenvalue weighted by atomic mass is 10.0. The van der Waals surface area contributed by atoms with E-state index >= 15 is 0 Å². The highest BCUT2D eigenvalue weighted by Gasteiger charge is 2.24. The number of aromatic nitrogens is 1. The molecule has 0 saturated heterocycles. The van der Waals surface area contributed by atoms with Crippen LogP contribution in [-0.4, -0.2) is 15.6 Å². The number of hydrogen-bond donors (Lipinski definition) is 1. The molecule has 38 heavy (non-hydrogen) atoms. The van der Waals surface area contributed by atoms with Crippen molar-refractivity contribution in [2.24, 2.45) is 0 Å². The monoisotopic (exact) mass is 515 g/mol. The fourth-order valence-electron chi connectivity index (χ4n) is 4.78. The first-order valence-electron chi connectivity index (χ1n) is 12.4. The Morgan fingerprint density at radius 1 is 0.737 bits per heavy atom. The first kappa shape index (κ1) is 23.8. The number of carboxylic acid groups (broad SMARTS) is 1. The Morgan fingerprint density at radius 2 is 1.34 bits per heavy atom. The van der Waals surface area contributed by atoms with Crippen LogP contribution in [0.3, 0.4) is 0 Å². The molecule has 186 valence electrons. The smallest absolute Gasteiger partial charge is 0.345 e. The summed E-state index contributed by atoms with van der Waals surface area (Å²) in [5, 5.41) is 9.78. The molecule has 0 radical (unpaired) electrons. The van der Waals surface area contributed by atoms with E-state index in [1.54, 1.807) is 6.07 Å². The average molecular weight is 516 g/mol. The third-order valence-electron chi connectivity index (χ3n) is 6.57. The molecule has 0 aliphatic carbocycles. The number of benzene rings is 4. The van der Waals surface area contributed by atoms with Crippen LogP contribution < -0.4 is 4.74 Å². The Labute approximate surface area is 225 Å². The minimum Gasteiger partial charge on any atom is -0.489 e. The number of aromatic carboxylic acids is 1. The van der Waals surface area contributed by atoms with Gasteiger partial charge in [0.15, 0.2) is 0 Å². The minimum atomic E-state index is -0.905. The fraction of sp³-hybridized carbons (Fsp3) is 0.0606. The van der Waals surface area contributed by atoms with Crippen LogP contribution in [0.25, 0.3) is 32.6 Å². The van der Waals surface area contributed by atoms with Crippen LogP contribution in [0.1, 0.15) is 20.8 Å². The standard InChI is InChI=1S/C33H25NO3S/c35-33(36)29-20-28-32(38-29)30(25-14-8-3-9-15-25)31(34(28)21-23-10-4-1-5-11-23)26-16-18-27(19-17-26)37-22-24-12-6-2-7-13-24/h1-20H,21-22H2,(H,35,36). The van der Waals surface area contributed by atoms with Gasteiger partial charge >= 0.3 is 5.97 Å². The molecule has 0 saturated carbocycles. The van der Waals surface area contributed by atoms with Crippen molar-refractivity contribution in [3.8, 4) is 28.1 Å². The molecule has 0 spiro atoms. The third-order valence-corrected chi connectivity index (χ3v) is 7.70. The number of nitrogens with zero attached hydrogens (tertiary/aromatic N) is 1. The zero-order valence-corrected chi connectivity index (χ0v) is 21.4. The lowest BCUT2D eigenvalue weighted by Gasteiger charge is -2.14. The zero-order valence-electron chi connectivity index (χ0n) is 20.6. The van der Waals surface area contributed by atoms with Crippen LogP contribution in [0, 0.1) is 0 Å². The van der Waals surface area contributed by atoms with Crippen molar-refractivity contribution in [2.45, 2.75) is 13.2 Å². The number of thiophene rings is 1. The molecule has 0 bridgehead atoms. The Kier molecular flexibility index (Phi) is 6.51. The maximum atomic E-state index is 11.9. The van der Waals surface area contributed by atoms with Crippen LogP contribution in [0.2, 0.25) is 0 Å². The highest BCUT2D eigenvalue weighted by atomic mass is 32.1. The van der Waals surface area contributed by atoms with Crippen molar-refractivity contribution in [2.75, 3.05) is 0 Å². The largest absolute Gasteiger partial charge is 0.489 e. The number of ether oxygens (including phenoxy) is 1. The van der Waals surface area contributed by atoms with Crippen LogP contribution in [-0.2, 0) is 13.2 Å². The molecule has 6 aromatic rings. The predicted octanol–water partition coefficient (Wildman–Crippen LogP) is 8.36. The predicted molar refractivity (Wildman–Crippen MR) is 154 cm³/mol. The van der Waals surface area contributed by atoms with Crippen molar-refractivity contribution in [3.63, 3.8) is 0 Å². The van der Waals surface area contributed by atoms with Gasteiger partial charge in [-0.25, -0.2) is 4.79 Å². The van der Waals surface area contributed by atoms with Crippen molar-refractivity contribution in [3.05, 3.63) is 137 Å². The molecular formula is C33H25NO3S. The Bertz CT molecular complexity index is 1690. The number of fused-ring (bicyclic) bond motifs is 1. The van der Waals surface area contributed by atoms with Gasteiger partial charge in [0, 0.05) is 12.1 Å². The number of carbonyl (C=O) groups is 1.